The highest BCUT2D eigenvalue weighted by molar-refractivity contribution is 5.97. The molecule has 4 atom stereocenters. The summed E-state index contributed by atoms with van der Waals surface area (Å²) in [5, 5.41) is 11.6. The SMILES string of the molecule is CCOC[C@H](CC(=O)[C@@H]1CN(C(=O)OC(C)(C)C)C[C@H](C(=O)N(c2ccc(C(C)(C)OC)cn2)C2CC2)[C@@H]1O)CC(C)C. The predicted molar refractivity (Wildman–Crippen MR) is 165 cm³/mol. The molecule has 3 rings (SSSR count). The van der Waals surface area contributed by atoms with Crippen LogP contribution in [-0.2, 0) is 29.4 Å². The molecule has 2 fully saturated rings. The summed E-state index contributed by atoms with van der Waals surface area (Å²) in [4.78, 5) is 48.9. The van der Waals surface area contributed by atoms with Gasteiger partial charge in [0.2, 0.25) is 5.91 Å². The molecule has 2 amide bonds. The van der Waals surface area contributed by atoms with Crippen LogP contribution >= 0.6 is 0 Å². The van der Waals surface area contributed by atoms with Crippen LogP contribution in [0.15, 0.2) is 18.3 Å². The maximum absolute atomic E-state index is 14.3. The normalized spacial score (nSPS) is 21.9. The Bertz CT molecular complexity index is 1090. The van der Waals surface area contributed by atoms with Gasteiger partial charge in [-0.3, -0.25) is 14.5 Å². The van der Waals surface area contributed by atoms with Crippen molar-refractivity contribution in [1.82, 2.24) is 9.88 Å². The van der Waals surface area contributed by atoms with Crippen LogP contribution in [-0.4, -0.2) is 83.9 Å². The fraction of sp³-hybridized carbons (Fsp3) is 0.758. The quantitative estimate of drug-likeness (QED) is 0.336. The summed E-state index contributed by atoms with van der Waals surface area (Å²) in [6.45, 7) is 16.2. The monoisotopic (exact) mass is 603 g/mol. The van der Waals surface area contributed by atoms with E-state index in [0.29, 0.717) is 24.9 Å². The van der Waals surface area contributed by atoms with Crippen molar-refractivity contribution in [3.05, 3.63) is 23.9 Å². The molecule has 0 unspecified atom stereocenters. The van der Waals surface area contributed by atoms with Gasteiger partial charge in [-0.1, -0.05) is 19.9 Å². The standard InChI is InChI=1S/C33H53N3O7/c1-10-42-20-22(15-21(2)3)16-27(37)25-18-35(31(40)43-32(4,5)6)19-26(29(25)38)30(39)36(24-12-13-24)28-14-11-23(17-34-28)33(7,8)41-9/h11,14,17,21-22,24-26,29,38H,10,12-13,15-16,18-20H2,1-9H3/t22-,25-,26-,29+/m0/s1. The summed E-state index contributed by atoms with van der Waals surface area (Å²) in [6.07, 6.45) is 2.47. The van der Waals surface area contributed by atoms with Crippen molar-refractivity contribution in [2.75, 3.05) is 38.3 Å². The minimum atomic E-state index is -1.25. The summed E-state index contributed by atoms with van der Waals surface area (Å²) in [5.41, 5.74) is -0.436. The van der Waals surface area contributed by atoms with Gasteiger partial charge >= 0.3 is 6.09 Å². The summed E-state index contributed by atoms with van der Waals surface area (Å²) < 4.78 is 16.9. The van der Waals surface area contributed by atoms with Crippen molar-refractivity contribution < 1.29 is 33.7 Å². The van der Waals surface area contributed by atoms with E-state index in [1.54, 1.807) is 45.0 Å². The Morgan fingerprint density at radius 2 is 1.74 bits per heavy atom. The van der Waals surface area contributed by atoms with Gasteiger partial charge in [0.05, 0.1) is 23.5 Å². The van der Waals surface area contributed by atoms with Crippen molar-refractivity contribution in [2.45, 2.75) is 104 Å². The predicted octanol–water partition coefficient (Wildman–Crippen LogP) is 4.96. The molecule has 1 saturated heterocycles. The average Bonchev–Trinajstić information content (AvgIpc) is 3.76. The smallest absolute Gasteiger partial charge is 0.410 e. The molecule has 1 aliphatic heterocycles. The van der Waals surface area contributed by atoms with Crippen LogP contribution in [0.1, 0.15) is 86.6 Å². The van der Waals surface area contributed by atoms with Gasteiger partial charge in [-0.25, -0.2) is 9.78 Å². The zero-order chi connectivity index (χ0) is 32.1. The highest BCUT2D eigenvalue weighted by Crippen LogP contribution is 2.36. The number of aliphatic hydroxyl groups excluding tert-OH is 1. The minimum absolute atomic E-state index is 0.00972. The highest BCUT2D eigenvalue weighted by Gasteiger charge is 2.48. The number of carbonyl (C=O) groups is 3. The van der Waals surface area contributed by atoms with Crippen molar-refractivity contribution in [3.8, 4) is 0 Å². The van der Waals surface area contributed by atoms with Crippen LogP contribution in [0.2, 0.25) is 0 Å². The average molecular weight is 604 g/mol. The Kier molecular flexibility index (Phi) is 11.8. The van der Waals surface area contributed by atoms with Crippen LogP contribution in [0.25, 0.3) is 0 Å². The second kappa shape index (κ2) is 14.5. The highest BCUT2D eigenvalue weighted by atomic mass is 16.6. The van der Waals surface area contributed by atoms with E-state index < -0.39 is 35.2 Å². The van der Waals surface area contributed by atoms with Gasteiger partial charge in [-0.2, -0.15) is 0 Å². The number of carbonyl (C=O) groups excluding carboxylic acids is 3. The third-order valence-corrected chi connectivity index (χ3v) is 8.24. The van der Waals surface area contributed by atoms with Gasteiger partial charge in [-0.05, 0) is 78.7 Å². The molecule has 10 heteroatoms. The third kappa shape index (κ3) is 9.46. The molecule has 43 heavy (non-hydrogen) atoms. The lowest BCUT2D eigenvalue weighted by Crippen LogP contribution is -2.59. The van der Waals surface area contributed by atoms with Crippen LogP contribution in [0, 0.1) is 23.7 Å². The number of rotatable bonds is 13. The Morgan fingerprint density at radius 1 is 1.09 bits per heavy atom. The first-order valence-corrected chi connectivity index (χ1v) is 15.7. The Hall–Kier alpha value is -2.56. The Labute approximate surface area is 257 Å². The molecule has 1 N–H and O–H groups in total. The first kappa shape index (κ1) is 34.9. The van der Waals surface area contributed by atoms with Crippen molar-refractivity contribution in [3.63, 3.8) is 0 Å². The molecule has 1 aromatic rings. The molecule has 1 aliphatic carbocycles. The van der Waals surface area contributed by atoms with Gasteiger partial charge in [-0.15, -0.1) is 0 Å². The van der Waals surface area contributed by atoms with E-state index in [1.165, 1.54) is 4.90 Å². The topological polar surface area (TPSA) is 118 Å². The fourth-order valence-corrected chi connectivity index (χ4v) is 5.63. The number of aliphatic hydroxyl groups is 1. The number of hydrogen-bond donors (Lipinski definition) is 1. The van der Waals surface area contributed by atoms with E-state index in [9.17, 15) is 19.5 Å². The molecule has 0 aromatic carbocycles. The van der Waals surface area contributed by atoms with Gasteiger partial charge in [0, 0.05) is 57.6 Å². The van der Waals surface area contributed by atoms with Crippen LogP contribution in [0.5, 0.6) is 0 Å². The summed E-state index contributed by atoms with van der Waals surface area (Å²) in [5.74, 6) is -1.64. The lowest BCUT2D eigenvalue weighted by molar-refractivity contribution is -0.140. The molecular formula is C33H53N3O7. The maximum Gasteiger partial charge on any atom is 0.410 e. The summed E-state index contributed by atoms with van der Waals surface area (Å²) >= 11 is 0. The first-order chi connectivity index (χ1) is 20.1. The first-order valence-electron chi connectivity index (χ1n) is 15.7. The molecule has 1 saturated carbocycles. The summed E-state index contributed by atoms with van der Waals surface area (Å²) in [7, 11) is 1.63. The van der Waals surface area contributed by atoms with Gasteiger partial charge < -0.3 is 24.2 Å². The lowest BCUT2D eigenvalue weighted by Gasteiger charge is -2.42. The number of likely N-dealkylation sites (tertiary alicyclic amines) is 1. The van der Waals surface area contributed by atoms with E-state index in [2.05, 4.69) is 18.8 Å². The number of nitrogens with zero attached hydrogens (tertiary/aromatic N) is 3. The lowest BCUT2D eigenvalue weighted by atomic mass is 9.79. The van der Waals surface area contributed by atoms with Gasteiger partial charge in [0.15, 0.2) is 0 Å². The molecule has 10 nitrogen and oxygen atoms in total. The molecular weight excluding hydrogens is 550 g/mol. The number of ether oxygens (including phenoxy) is 3. The molecule has 242 valence electrons. The largest absolute Gasteiger partial charge is 0.444 e. The van der Waals surface area contributed by atoms with E-state index in [-0.39, 0.29) is 43.2 Å². The van der Waals surface area contributed by atoms with Crippen LogP contribution < -0.4 is 4.90 Å². The third-order valence-electron chi connectivity index (χ3n) is 8.24. The number of anilines is 1. The number of aromatic nitrogens is 1. The second-order valence-electron chi connectivity index (χ2n) is 14.0. The van der Waals surface area contributed by atoms with Gasteiger partial charge in [0.25, 0.3) is 0 Å². The molecule has 0 radical (unpaired) electrons. The second-order valence-corrected chi connectivity index (χ2v) is 14.0. The zero-order valence-electron chi connectivity index (χ0n) is 27.6. The van der Waals surface area contributed by atoms with E-state index >= 15 is 0 Å². The van der Waals surface area contributed by atoms with E-state index in [4.69, 9.17) is 14.2 Å². The van der Waals surface area contributed by atoms with Crippen molar-refractivity contribution in [2.24, 2.45) is 23.7 Å². The number of Topliss-reactive ketones (excluding diaryl/α,β-unsaturated/α-hetero) is 1. The van der Waals surface area contributed by atoms with Crippen molar-refractivity contribution in [1.29, 1.82) is 0 Å². The number of piperidine rings is 1. The minimum Gasteiger partial charge on any atom is -0.444 e. The molecule has 2 heterocycles. The number of methoxy groups -OCH3 is 1. The van der Waals surface area contributed by atoms with Crippen LogP contribution in [0.4, 0.5) is 10.6 Å². The van der Waals surface area contributed by atoms with E-state index in [1.807, 2.05) is 26.8 Å². The Morgan fingerprint density at radius 3 is 2.26 bits per heavy atom. The number of hydrogen-bond acceptors (Lipinski definition) is 8. The zero-order valence-corrected chi connectivity index (χ0v) is 27.6. The number of pyridine rings is 1. The maximum atomic E-state index is 14.3. The molecule has 1 aromatic heterocycles. The summed E-state index contributed by atoms with van der Waals surface area (Å²) in [6, 6.07) is 3.62. The molecule has 0 bridgehead atoms. The number of amides is 2. The Balaban J connectivity index is 1.92. The van der Waals surface area contributed by atoms with Crippen molar-refractivity contribution >= 4 is 23.6 Å². The van der Waals surface area contributed by atoms with E-state index in [0.717, 1.165) is 24.8 Å². The van der Waals surface area contributed by atoms with Gasteiger partial charge in [0.1, 0.15) is 17.2 Å². The number of ketones is 1. The molecule has 2 aliphatic rings. The molecule has 0 spiro atoms. The fourth-order valence-electron chi connectivity index (χ4n) is 5.63. The van der Waals surface area contributed by atoms with Crippen LogP contribution in [0.3, 0.4) is 0 Å².